The van der Waals surface area contributed by atoms with Crippen LogP contribution in [-0.4, -0.2) is 140 Å². The van der Waals surface area contributed by atoms with Crippen LogP contribution in [0.3, 0.4) is 0 Å². The molecule has 14 heteroatoms. The van der Waals surface area contributed by atoms with Crippen molar-refractivity contribution in [1.29, 1.82) is 0 Å². The fraction of sp³-hybridized carbons (Fsp3) is 0.864. The molecule has 12 unspecified atom stereocenters. The maximum atomic E-state index is 13.4. The highest BCUT2D eigenvalue weighted by Crippen LogP contribution is 2.30. The zero-order valence-corrected chi connectivity index (χ0v) is 60.9. The number of aliphatic hydroxyl groups excluding tert-OH is 8. The Morgan fingerprint density at radius 1 is 0.379 bits per heavy atom. The highest BCUT2D eigenvalue weighted by molar-refractivity contribution is 5.76. The van der Waals surface area contributed by atoms with Crippen LogP contribution in [0.5, 0.6) is 0 Å². The average molecular weight is 1350 g/mol. The van der Waals surface area contributed by atoms with Gasteiger partial charge in [-0.05, 0) is 77.0 Å². The first-order chi connectivity index (χ1) is 46.6. The molecule has 2 fully saturated rings. The van der Waals surface area contributed by atoms with Crippen molar-refractivity contribution < 1.29 is 64.6 Å². The van der Waals surface area contributed by atoms with Gasteiger partial charge in [-0.25, -0.2) is 0 Å². The smallest absolute Gasteiger partial charge is 0.220 e. The van der Waals surface area contributed by atoms with Crippen molar-refractivity contribution >= 4 is 5.91 Å². The predicted octanol–water partition coefficient (Wildman–Crippen LogP) is 18.0. The Hall–Kier alpha value is -2.31. The van der Waals surface area contributed by atoms with Crippen molar-refractivity contribution in [3.05, 3.63) is 60.8 Å². The quantitative estimate of drug-likeness (QED) is 0.0204. The summed E-state index contributed by atoms with van der Waals surface area (Å²) in [7, 11) is 0. The molecule has 0 bridgehead atoms. The van der Waals surface area contributed by atoms with Gasteiger partial charge >= 0.3 is 0 Å². The van der Waals surface area contributed by atoms with Crippen LogP contribution in [0.15, 0.2) is 60.8 Å². The summed E-state index contributed by atoms with van der Waals surface area (Å²) in [5, 5.41) is 87.6. The van der Waals surface area contributed by atoms with Gasteiger partial charge < -0.3 is 65.1 Å². The van der Waals surface area contributed by atoms with E-state index in [1.54, 1.807) is 6.08 Å². The lowest BCUT2D eigenvalue weighted by molar-refractivity contribution is -0.359. The van der Waals surface area contributed by atoms with Crippen LogP contribution in [0, 0.1) is 0 Å². The largest absolute Gasteiger partial charge is 0.394 e. The maximum absolute atomic E-state index is 13.4. The highest BCUT2D eigenvalue weighted by Gasteiger charge is 2.51. The Bertz CT molecular complexity index is 1830. The first-order valence-corrected chi connectivity index (χ1v) is 40.0. The maximum Gasteiger partial charge on any atom is 0.220 e. The van der Waals surface area contributed by atoms with Gasteiger partial charge in [0.25, 0.3) is 0 Å². The van der Waals surface area contributed by atoms with Gasteiger partial charge in [-0.2, -0.15) is 0 Å². The van der Waals surface area contributed by atoms with Crippen molar-refractivity contribution in [3.8, 4) is 0 Å². The number of nitrogens with one attached hydrogen (secondary N) is 1. The Morgan fingerprint density at radius 3 is 1.09 bits per heavy atom. The van der Waals surface area contributed by atoms with E-state index in [9.17, 15) is 45.6 Å². The summed E-state index contributed by atoms with van der Waals surface area (Å²) >= 11 is 0. The number of allylic oxidation sites excluding steroid dienone is 9. The number of unbranched alkanes of at least 4 members (excludes halogenated alkanes) is 46. The molecular weight excluding hydrogens is 1190 g/mol. The molecule has 14 nitrogen and oxygen atoms in total. The van der Waals surface area contributed by atoms with E-state index in [1.165, 1.54) is 270 Å². The van der Waals surface area contributed by atoms with E-state index >= 15 is 0 Å². The number of amides is 1. The van der Waals surface area contributed by atoms with Crippen molar-refractivity contribution in [2.75, 3.05) is 19.8 Å². The molecule has 0 saturated carbocycles. The lowest BCUT2D eigenvalue weighted by Crippen LogP contribution is -2.65. The van der Waals surface area contributed by atoms with Crippen LogP contribution in [-0.2, 0) is 23.7 Å². The van der Waals surface area contributed by atoms with Gasteiger partial charge in [0.15, 0.2) is 12.6 Å². The summed E-state index contributed by atoms with van der Waals surface area (Å²) in [5.74, 6) is -0.249. The Balaban J connectivity index is 1.65. The molecule has 2 saturated heterocycles. The Labute approximate surface area is 581 Å². The van der Waals surface area contributed by atoms with Gasteiger partial charge in [-0.1, -0.05) is 331 Å². The average Bonchev–Trinajstić information content (AvgIpc) is 0.801. The predicted molar refractivity (Wildman–Crippen MR) is 392 cm³/mol. The molecule has 12 atom stereocenters. The summed E-state index contributed by atoms with van der Waals surface area (Å²) in [4.78, 5) is 13.4. The second-order valence-electron chi connectivity index (χ2n) is 28.2. The first-order valence-electron chi connectivity index (χ1n) is 40.0. The van der Waals surface area contributed by atoms with Crippen LogP contribution in [0.1, 0.15) is 354 Å². The molecule has 1 amide bonds. The molecule has 2 aliphatic heterocycles. The normalized spacial score (nSPS) is 22.6. The number of ether oxygens (including phenoxy) is 4. The molecule has 0 aliphatic carbocycles. The third-order valence-corrected chi connectivity index (χ3v) is 19.4. The third kappa shape index (κ3) is 48.2. The van der Waals surface area contributed by atoms with Gasteiger partial charge in [-0.3, -0.25) is 4.79 Å². The first kappa shape index (κ1) is 88.8. The Morgan fingerprint density at radius 2 is 0.705 bits per heavy atom. The van der Waals surface area contributed by atoms with E-state index in [0.717, 1.165) is 51.4 Å². The SMILES string of the molecule is CCCCCCC/C=C\C/C=C\CCCCCCCCCCCCCCCCCCCC(=O)NC(COC1OC(CO)C(OC2OC(CO)C(O)C(O)C2O)C(O)C1O)C(O)/C=C/CC/C=C/CC/C=C/CCCCCCCCCCCCCCCCCCCCCCCC. The minimum atomic E-state index is -1.80. The summed E-state index contributed by atoms with van der Waals surface area (Å²) in [5.41, 5.74) is 0. The molecule has 0 radical (unpaired) electrons. The van der Waals surface area contributed by atoms with Crippen molar-refractivity contribution in [1.82, 2.24) is 5.32 Å². The summed E-state index contributed by atoms with van der Waals surface area (Å²) < 4.78 is 22.9. The van der Waals surface area contributed by atoms with Gasteiger partial charge in [0, 0.05) is 6.42 Å². The van der Waals surface area contributed by atoms with E-state index in [2.05, 4.69) is 67.8 Å². The number of hydrogen-bond donors (Lipinski definition) is 9. The van der Waals surface area contributed by atoms with Gasteiger partial charge in [-0.15, -0.1) is 0 Å². The summed E-state index contributed by atoms with van der Waals surface area (Å²) in [6.45, 7) is 2.82. The molecule has 2 rings (SSSR count). The third-order valence-electron chi connectivity index (χ3n) is 19.4. The van der Waals surface area contributed by atoms with Crippen LogP contribution in [0.2, 0.25) is 0 Å². The van der Waals surface area contributed by atoms with Gasteiger partial charge in [0.05, 0.1) is 32.0 Å². The fourth-order valence-corrected chi connectivity index (χ4v) is 13.1. The molecule has 0 aromatic heterocycles. The van der Waals surface area contributed by atoms with Gasteiger partial charge in [0.1, 0.15) is 48.8 Å². The fourth-order valence-electron chi connectivity index (χ4n) is 13.1. The molecule has 95 heavy (non-hydrogen) atoms. The van der Waals surface area contributed by atoms with E-state index in [1.807, 2.05) is 6.08 Å². The highest BCUT2D eigenvalue weighted by atomic mass is 16.7. The summed E-state index contributed by atoms with van der Waals surface area (Å²) in [6.07, 6.45) is 71.7. The standard InChI is InChI=1S/C81H149NO13/c1-3-5-7-9-11-13-15-17-19-21-23-25-27-29-31-33-34-35-37-38-40-42-44-46-48-50-52-54-56-58-60-62-64-70(85)69(68-92-80-78(91)76(89)79(72(67-84)94-80)95-81-77(90)75(88)74(87)71(66-83)93-81)82-73(86)65-63-61-59-57-55-53-51-49-47-45-43-41-39-36-32-30-28-26-24-22-20-18-16-14-12-10-8-6-4-2/h16,18,22,24,46,48,54,56,62,64,69-72,74-81,83-85,87-91H,3-15,17,19-21,23,25-45,47,49-53,55,57-61,63,65-68H2,1-2H3,(H,82,86)/b18-16-,24-22-,48-46+,56-54+,64-62+. The Kier molecular flexibility index (Phi) is 60.8. The molecule has 0 spiro atoms. The molecule has 556 valence electrons. The van der Waals surface area contributed by atoms with Crippen molar-refractivity contribution in [3.63, 3.8) is 0 Å². The second kappa shape index (κ2) is 65.0. The zero-order chi connectivity index (χ0) is 68.7. The van der Waals surface area contributed by atoms with Crippen LogP contribution in [0.25, 0.3) is 0 Å². The lowest BCUT2D eigenvalue weighted by atomic mass is 9.97. The number of carbonyl (C=O) groups is 1. The molecule has 0 aromatic carbocycles. The van der Waals surface area contributed by atoms with Crippen molar-refractivity contribution in [2.45, 2.75) is 428 Å². The monoisotopic (exact) mass is 1340 g/mol. The molecular formula is C81H149NO13. The molecule has 2 heterocycles. The van der Waals surface area contributed by atoms with E-state index < -0.39 is 86.8 Å². The van der Waals surface area contributed by atoms with Crippen LogP contribution in [0.4, 0.5) is 0 Å². The van der Waals surface area contributed by atoms with Crippen LogP contribution < -0.4 is 5.32 Å². The molecule has 0 aromatic rings. The van der Waals surface area contributed by atoms with E-state index in [4.69, 9.17) is 18.9 Å². The summed E-state index contributed by atoms with van der Waals surface area (Å²) in [6, 6.07) is -0.941. The number of carbonyl (C=O) groups excluding carboxylic acids is 1. The molecule has 2 aliphatic rings. The second-order valence-corrected chi connectivity index (χ2v) is 28.2. The minimum absolute atomic E-state index is 0.249. The van der Waals surface area contributed by atoms with Gasteiger partial charge in [0.2, 0.25) is 5.91 Å². The van der Waals surface area contributed by atoms with E-state index in [-0.39, 0.29) is 18.9 Å². The number of rotatable bonds is 67. The zero-order valence-electron chi connectivity index (χ0n) is 60.9. The van der Waals surface area contributed by atoms with Crippen LogP contribution >= 0.6 is 0 Å². The number of aliphatic hydroxyl groups is 8. The van der Waals surface area contributed by atoms with E-state index in [0.29, 0.717) is 12.8 Å². The molecule has 9 N–H and O–H groups in total. The lowest BCUT2D eigenvalue weighted by Gasteiger charge is -2.46. The van der Waals surface area contributed by atoms with Crippen molar-refractivity contribution in [2.24, 2.45) is 0 Å². The topological polar surface area (TPSA) is 228 Å². The minimum Gasteiger partial charge on any atom is -0.394 e. The number of hydrogen-bond acceptors (Lipinski definition) is 13.